The van der Waals surface area contributed by atoms with E-state index in [0.717, 1.165) is 10.8 Å². The highest BCUT2D eigenvalue weighted by atomic mass is 32.2. The van der Waals surface area contributed by atoms with E-state index in [-0.39, 0.29) is 11.8 Å². The van der Waals surface area contributed by atoms with Gasteiger partial charge in [-0.05, 0) is 47.9 Å². The van der Waals surface area contributed by atoms with Gasteiger partial charge < -0.3 is 14.8 Å². The van der Waals surface area contributed by atoms with Gasteiger partial charge in [0.2, 0.25) is 15.9 Å². The number of carbonyl (C=O) groups excluding carboxylic acids is 1. The van der Waals surface area contributed by atoms with Crippen LogP contribution in [0.15, 0.2) is 71.6 Å². The largest absolute Gasteiger partial charge is 0.497 e. The molecule has 1 amide bonds. The first-order valence-corrected chi connectivity index (χ1v) is 12.4. The second kappa shape index (κ2) is 10.2. The SMILES string of the molecule is COc1cccc(OCCNC(=O)C2CCN(S(=O)(=O)c3ccc4ccccc4c3)CC2)c1. The maximum Gasteiger partial charge on any atom is 0.243 e. The standard InChI is InChI=1S/C25H28N2O5S/c1-31-22-7-4-8-23(18-22)32-16-13-26-25(28)20-11-14-27(15-12-20)33(29,30)24-10-9-19-5-2-3-6-21(19)17-24/h2-10,17-18,20H,11-16H2,1H3,(H,26,28). The molecule has 1 heterocycles. The Labute approximate surface area is 194 Å². The molecule has 1 aliphatic heterocycles. The molecule has 174 valence electrons. The van der Waals surface area contributed by atoms with Crippen molar-refractivity contribution in [3.63, 3.8) is 0 Å². The molecule has 0 radical (unpaired) electrons. The summed E-state index contributed by atoms with van der Waals surface area (Å²) in [6.07, 6.45) is 0.991. The normalized spacial score (nSPS) is 15.3. The summed E-state index contributed by atoms with van der Waals surface area (Å²) in [5.74, 6) is 1.12. The van der Waals surface area contributed by atoms with Gasteiger partial charge in [0.1, 0.15) is 18.1 Å². The van der Waals surface area contributed by atoms with E-state index < -0.39 is 10.0 Å². The number of carbonyl (C=O) groups is 1. The highest BCUT2D eigenvalue weighted by Gasteiger charge is 2.32. The number of piperidine rings is 1. The highest BCUT2D eigenvalue weighted by Crippen LogP contribution is 2.26. The zero-order chi connectivity index (χ0) is 23.3. The van der Waals surface area contributed by atoms with Gasteiger partial charge in [0, 0.05) is 25.1 Å². The van der Waals surface area contributed by atoms with E-state index in [9.17, 15) is 13.2 Å². The third-order valence-electron chi connectivity index (χ3n) is 5.89. The van der Waals surface area contributed by atoms with Crippen LogP contribution in [-0.2, 0) is 14.8 Å². The smallest absolute Gasteiger partial charge is 0.243 e. The summed E-state index contributed by atoms with van der Waals surface area (Å²) in [4.78, 5) is 12.8. The number of hydrogen-bond donors (Lipinski definition) is 1. The van der Waals surface area contributed by atoms with Crippen molar-refractivity contribution < 1.29 is 22.7 Å². The van der Waals surface area contributed by atoms with Crippen LogP contribution in [0.5, 0.6) is 11.5 Å². The molecule has 3 aromatic rings. The van der Waals surface area contributed by atoms with Crippen LogP contribution < -0.4 is 14.8 Å². The summed E-state index contributed by atoms with van der Waals surface area (Å²) in [6, 6.07) is 20.2. The van der Waals surface area contributed by atoms with Crippen LogP contribution in [0, 0.1) is 5.92 Å². The lowest BCUT2D eigenvalue weighted by Gasteiger charge is -2.30. The molecular formula is C25H28N2O5S. The van der Waals surface area contributed by atoms with Crippen LogP contribution in [0.4, 0.5) is 0 Å². The van der Waals surface area contributed by atoms with Crippen LogP contribution in [0.2, 0.25) is 0 Å². The number of hydrogen-bond acceptors (Lipinski definition) is 5. The first-order valence-electron chi connectivity index (χ1n) is 11.0. The molecule has 4 rings (SSSR count). The Kier molecular flexibility index (Phi) is 7.15. The van der Waals surface area contributed by atoms with Crippen LogP contribution in [0.25, 0.3) is 10.8 Å². The molecule has 3 aromatic carbocycles. The number of ether oxygens (including phenoxy) is 2. The zero-order valence-electron chi connectivity index (χ0n) is 18.6. The third-order valence-corrected chi connectivity index (χ3v) is 7.79. The number of amides is 1. The summed E-state index contributed by atoms with van der Waals surface area (Å²) in [7, 11) is -1.99. The van der Waals surface area contributed by atoms with Crippen molar-refractivity contribution >= 4 is 26.7 Å². The molecule has 0 aromatic heterocycles. The number of benzene rings is 3. The van der Waals surface area contributed by atoms with Crippen LogP contribution in [0.3, 0.4) is 0 Å². The molecule has 8 heteroatoms. The van der Waals surface area contributed by atoms with E-state index in [1.54, 1.807) is 25.3 Å². The van der Waals surface area contributed by atoms with Gasteiger partial charge in [-0.1, -0.05) is 36.4 Å². The Balaban J connectivity index is 1.26. The summed E-state index contributed by atoms with van der Waals surface area (Å²) in [5, 5.41) is 4.79. The Bertz CT molecular complexity index is 1220. The van der Waals surface area contributed by atoms with E-state index in [0.29, 0.717) is 55.5 Å². The fraction of sp³-hybridized carbons (Fsp3) is 0.320. The van der Waals surface area contributed by atoms with Crippen molar-refractivity contribution in [3.05, 3.63) is 66.7 Å². The van der Waals surface area contributed by atoms with Gasteiger partial charge in [0.25, 0.3) is 0 Å². The summed E-state index contributed by atoms with van der Waals surface area (Å²) in [5.41, 5.74) is 0. The molecule has 0 spiro atoms. The summed E-state index contributed by atoms with van der Waals surface area (Å²) < 4.78 is 38.5. The third kappa shape index (κ3) is 5.46. The summed E-state index contributed by atoms with van der Waals surface area (Å²) in [6.45, 7) is 1.38. The number of sulfonamides is 1. The fourth-order valence-corrected chi connectivity index (χ4v) is 5.52. The highest BCUT2D eigenvalue weighted by molar-refractivity contribution is 7.89. The maximum absolute atomic E-state index is 13.1. The lowest BCUT2D eigenvalue weighted by Crippen LogP contribution is -2.43. The minimum atomic E-state index is -3.59. The first kappa shape index (κ1) is 23.1. The van der Waals surface area contributed by atoms with Crippen molar-refractivity contribution in [3.8, 4) is 11.5 Å². The van der Waals surface area contributed by atoms with Gasteiger partial charge in [0.05, 0.1) is 18.6 Å². The van der Waals surface area contributed by atoms with Gasteiger partial charge in [-0.2, -0.15) is 4.31 Å². The van der Waals surface area contributed by atoms with E-state index in [2.05, 4.69) is 5.32 Å². The Morgan fingerprint density at radius 1 is 0.970 bits per heavy atom. The second-order valence-corrected chi connectivity index (χ2v) is 9.94. The van der Waals surface area contributed by atoms with E-state index in [1.165, 1.54) is 4.31 Å². The number of nitrogens with one attached hydrogen (secondary N) is 1. The minimum Gasteiger partial charge on any atom is -0.497 e. The quantitative estimate of drug-likeness (QED) is 0.512. The Morgan fingerprint density at radius 2 is 1.70 bits per heavy atom. The Hall–Kier alpha value is -3.10. The van der Waals surface area contributed by atoms with Crippen molar-refractivity contribution in [1.82, 2.24) is 9.62 Å². The predicted octanol–water partition coefficient (Wildman–Crippen LogP) is 3.44. The van der Waals surface area contributed by atoms with Crippen LogP contribution in [-0.4, -0.2) is 52.0 Å². The lowest BCUT2D eigenvalue weighted by molar-refractivity contribution is -0.126. The van der Waals surface area contributed by atoms with Gasteiger partial charge >= 0.3 is 0 Å². The summed E-state index contributed by atoms with van der Waals surface area (Å²) >= 11 is 0. The van der Waals surface area contributed by atoms with E-state index in [1.807, 2.05) is 48.5 Å². The lowest BCUT2D eigenvalue weighted by atomic mass is 9.97. The monoisotopic (exact) mass is 468 g/mol. The average molecular weight is 469 g/mol. The van der Waals surface area contributed by atoms with Gasteiger partial charge in [-0.25, -0.2) is 8.42 Å². The van der Waals surface area contributed by atoms with Gasteiger partial charge in [-0.3, -0.25) is 4.79 Å². The van der Waals surface area contributed by atoms with Crippen LogP contribution >= 0.6 is 0 Å². The number of methoxy groups -OCH3 is 1. The fourth-order valence-electron chi connectivity index (χ4n) is 4.01. The molecule has 0 atom stereocenters. The van der Waals surface area contributed by atoms with Gasteiger partial charge in [-0.15, -0.1) is 0 Å². The maximum atomic E-state index is 13.1. The number of nitrogens with zero attached hydrogens (tertiary/aromatic N) is 1. The first-order chi connectivity index (χ1) is 16.0. The zero-order valence-corrected chi connectivity index (χ0v) is 19.4. The van der Waals surface area contributed by atoms with Crippen LogP contribution in [0.1, 0.15) is 12.8 Å². The van der Waals surface area contributed by atoms with Crippen molar-refractivity contribution in [1.29, 1.82) is 0 Å². The van der Waals surface area contributed by atoms with E-state index in [4.69, 9.17) is 9.47 Å². The molecular weight excluding hydrogens is 440 g/mol. The predicted molar refractivity (Wildman–Crippen MR) is 127 cm³/mol. The molecule has 1 aliphatic rings. The Morgan fingerprint density at radius 3 is 2.45 bits per heavy atom. The molecule has 1 saturated heterocycles. The van der Waals surface area contributed by atoms with Crippen molar-refractivity contribution in [2.24, 2.45) is 5.92 Å². The molecule has 0 saturated carbocycles. The number of fused-ring (bicyclic) bond motifs is 1. The molecule has 0 aliphatic carbocycles. The van der Waals surface area contributed by atoms with E-state index >= 15 is 0 Å². The molecule has 1 fully saturated rings. The van der Waals surface area contributed by atoms with Crippen molar-refractivity contribution in [2.75, 3.05) is 33.4 Å². The van der Waals surface area contributed by atoms with Crippen molar-refractivity contribution in [2.45, 2.75) is 17.7 Å². The van der Waals surface area contributed by atoms with Gasteiger partial charge in [0.15, 0.2) is 0 Å². The molecule has 33 heavy (non-hydrogen) atoms. The number of rotatable bonds is 8. The average Bonchev–Trinajstić information content (AvgIpc) is 2.86. The molecule has 0 unspecified atom stereocenters. The topological polar surface area (TPSA) is 84.9 Å². The minimum absolute atomic E-state index is 0.0630. The molecule has 1 N–H and O–H groups in total. The molecule has 0 bridgehead atoms. The second-order valence-electron chi connectivity index (χ2n) is 8.01. The molecule has 7 nitrogen and oxygen atoms in total.